The minimum absolute atomic E-state index is 0.844. The van der Waals surface area contributed by atoms with Gasteiger partial charge in [0.25, 0.3) is 0 Å². The molecule has 1 aliphatic rings. The molecule has 0 aliphatic carbocycles. The molecule has 1 heterocycles. The number of allylic oxidation sites excluding steroid dienone is 2. The van der Waals surface area contributed by atoms with Crippen LogP contribution in [0.2, 0.25) is 0 Å². The van der Waals surface area contributed by atoms with Crippen LogP contribution >= 0.6 is 0 Å². The van der Waals surface area contributed by atoms with Gasteiger partial charge in [-0.25, -0.2) is 0 Å². The predicted octanol–water partition coefficient (Wildman–Crippen LogP) is 5.73. The molecule has 0 amide bonds. The average molecular weight is 494 g/mol. The zero-order chi connectivity index (χ0) is 25.1. The molecule has 1 aliphatic heterocycles. The molecule has 4 rings (SSSR count). The Hall–Kier alpha value is -3.23. The molecule has 3 aromatic rings. The summed E-state index contributed by atoms with van der Waals surface area (Å²) in [5, 5.41) is 0. The fourth-order valence-electron chi connectivity index (χ4n) is 3.76. The van der Waals surface area contributed by atoms with E-state index in [1.54, 1.807) is 0 Å². The van der Waals surface area contributed by atoms with E-state index < -0.39 is 10.4 Å². The van der Waals surface area contributed by atoms with Crippen molar-refractivity contribution in [1.29, 1.82) is 0 Å². The summed E-state index contributed by atoms with van der Waals surface area (Å²) in [5.41, 5.74) is 6.36. The monoisotopic (exact) mass is 493 g/mol. The summed E-state index contributed by atoms with van der Waals surface area (Å²) in [6.07, 6.45) is 10.8. The highest BCUT2D eigenvalue weighted by molar-refractivity contribution is 7.79. The smallest absolute Gasteiger partial charge is 0.394 e. The Morgan fingerprint density at radius 2 is 1.63 bits per heavy atom. The van der Waals surface area contributed by atoms with E-state index in [1.807, 2.05) is 6.07 Å². The van der Waals surface area contributed by atoms with Crippen LogP contribution in [-0.4, -0.2) is 42.6 Å². The van der Waals surface area contributed by atoms with Crippen LogP contribution in [0.3, 0.4) is 0 Å². The van der Waals surface area contributed by atoms with Gasteiger partial charge in [-0.3, -0.25) is 14.0 Å². The molecule has 0 atom stereocenters. The number of benzene rings is 3. The second-order valence-electron chi connectivity index (χ2n) is 8.31. The molecule has 0 aromatic heterocycles. The van der Waals surface area contributed by atoms with Gasteiger partial charge in [-0.05, 0) is 53.8 Å². The maximum atomic E-state index is 8.74. The minimum Gasteiger partial charge on any atom is -0.493 e. The van der Waals surface area contributed by atoms with Crippen molar-refractivity contribution in [1.82, 2.24) is 4.90 Å². The number of hydrogen-bond donors (Lipinski definition) is 2. The van der Waals surface area contributed by atoms with Gasteiger partial charge < -0.3 is 4.74 Å². The second-order valence-corrected chi connectivity index (χ2v) is 9.21. The van der Waals surface area contributed by atoms with Gasteiger partial charge in [-0.1, -0.05) is 91.0 Å². The number of rotatable bonds is 7. The average Bonchev–Trinajstić information content (AvgIpc) is 2.84. The summed E-state index contributed by atoms with van der Waals surface area (Å²) in [5.74, 6) is 1.07. The third-order valence-electron chi connectivity index (χ3n) is 5.40. The summed E-state index contributed by atoms with van der Waals surface area (Å²) in [6.45, 7) is 2.68. The van der Waals surface area contributed by atoms with E-state index in [-0.39, 0.29) is 0 Å². The van der Waals surface area contributed by atoms with Gasteiger partial charge >= 0.3 is 10.4 Å². The molecule has 0 spiro atoms. The maximum absolute atomic E-state index is 8.74. The normalized spacial score (nSPS) is 13.4. The van der Waals surface area contributed by atoms with E-state index >= 15 is 0 Å². The van der Waals surface area contributed by atoms with E-state index in [0.29, 0.717) is 0 Å². The zero-order valence-electron chi connectivity index (χ0n) is 19.7. The Morgan fingerprint density at radius 1 is 0.943 bits per heavy atom. The molecule has 35 heavy (non-hydrogen) atoms. The summed E-state index contributed by atoms with van der Waals surface area (Å²) < 4.78 is 37.4. The molecule has 7 heteroatoms. The number of hydrogen-bond acceptors (Lipinski definition) is 4. The number of likely N-dealkylation sites (N-methyl/N-ethyl adjacent to an activating group) is 1. The van der Waals surface area contributed by atoms with Crippen molar-refractivity contribution in [3.8, 4) is 16.9 Å². The minimum atomic E-state index is -4.67. The van der Waals surface area contributed by atoms with E-state index in [4.69, 9.17) is 22.3 Å². The molecule has 3 aromatic carbocycles. The lowest BCUT2D eigenvalue weighted by Crippen LogP contribution is -2.18. The van der Waals surface area contributed by atoms with Crippen LogP contribution in [0, 0.1) is 0 Å². The number of aryl methyl sites for hydroxylation is 1. The van der Waals surface area contributed by atoms with Crippen LogP contribution in [0.25, 0.3) is 17.2 Å². The number of fused-ring (bicyclic) bond motifs is 1. The Balaban J connectivity index is 0.000000623. The van der Waals surface area contributed by atoms with E-state index in [1.165, 1.54) is 27.8 Å². The largest absolute Gasteiger partial charge is 0.493 e. The van der Waals surface area contributed by atoms with Gasteiger partial charge in [-0.2, -0.15) is 8.42 Å². The first-order valence-electron chi connectivity index (χ1n) is 11.4. The first kappa shape index (κ1) is 26.4. The molecule has 0 bridgehead atoms. The number of nitrogens with zero attached hydrogens (tertiary/aromatic N) is 1. The first-order valence-corrected chi connectivity index (χ1v) is 12.8. The van der Waals surface area contributed by atoms with Crippen molar-refractivity contribution >= 4 is 16.5 Å². The molecule has 2 N–H and O–H groups in total. The van der Waals surface area contributed by atoms with E-state index in [9.17, 15) is 0 Å². The molecule has 0 saturated carbocycles. The topological polar surface area (TPSA) is 87.1 Å². The molecule has 0 unspecified atom stereocenters. The third kappa shape index (κ3) is 9.88. The molecular formula is C28H31NO5S. The molecule has 0 radical (unpaired) electrons. The Labute approximate surface area is 207 Å². The van der Waals surface area contributed by atoms with E-state index in [2.05, 4.69) is 103 Å². The van der Waals surface area contributed by atoms with Crippen molar-refractivity contribution in [2.24, 2.45) is 0 Å². The highest BCUT2D eigenvalue weighted by Gasteiger charge is 2.11. The zero-order valence-corrected chi connectivity index (χ0v) is 20.6. The van der Waals surface area contributed by atoms with Crippen LogP contribution in [0.4, 0.5) is 0 Å². The van der Waals surface area contributed by atoms with Crippen LogP contribution in [-0.2, 0) is 23.4 Å². The summed E-state index contributed by atoms with van der Waals surface area (Å²) in [6, 6.07) is 25.8. The lowest BCUT2D eigenvalue weighted by atomic mass is 10.0. The SMILES string of the molecule is CN(C/C=C/C=C/c1ccc(-c2ccccc2)cc1)Cc1ccc2c(c1)OCCC2.O=S(=O)(O)O. The highest BCUT2D eigenvalue weighted by atomic mass is 32.3. The van der Waals surface area contributed by atoms with Gasteiger partial charge in [-0.15, -0.1) is 0 Å². The first-order chi connectivity index (χ1) is 16.8. The fraction of sp³-hybridized carbons (Fsp3) is 0.214. The lowest BCUT2D eigenvalue weighted by molar-refractivity contribution is 0.287. The van der Waals surface area contributed by atoms with Gasteiger partial charge in [0.05, 0.1) is 6.61 Å². The molecular weight excluding hydrogens is 462 g/mol. The van der Waals surface area contributed by atoms with Crippen molar-refractivity contribution in [3.63, 3.8) is 0 Å². The van der Waals surface area contributed by atoms with Crippen LogP contribution < -0.4 is 4.74 Å². The maximum Gasteiger partial charge on any atom is 0.394 e. The van der Waals surface area contributed by atoms with Gasteiger partial charge in [0.1, 0.15) is 5.75 Å². The van der Waals surface area contributed by atoms with Crippen molar-refractivity contribution in [3.05, 3.63) is 108 Å². The number of ether oxygens (including phenoxy) is 1. The quantitative estimate of drug-likeness (QED) is 0.323. The summed E-state index contributed by atoms with van der Waals surface area (Å²) in [4.78, 5) is 2.31. The van der Waals surface area contributed by atoms with Crippen LogP contribution in [0.1, 0.15) is 23.1 Å². The fourth-order valence-corrected chi connectivity index (χ4v) is 3.76. The molecule has 6 nitrogen and oxygen atoms in total. The van der Waals surface area contributed by atoms with E-state index in [0.717, 1.165) is 38.3 Å². The van der Waals surface area contributed by atoms with Crippen LogP contribution in [0.5, 0.6) is 5.75 Å². The van der Waals surface area contributed by atoms with Gasteiger partial charge in [0.15, 0.2) is 0 Å². The third-order valence-corrected chi connectivity index (χ3v) is 5.40. The molecule has 0 fully saturated rings. The van der Waals surface area contributed by atoms with Crippen molar-refractivity contribution in [2.45, 2.75) is 19.4 Å². The molecule has 184 valence electrons. The Bertz CT molecular complexity index is 1230. The van der Waals surface area contributed by atoms with Crippen LogP contribution in [0.15, 0.2) is 91.0 Å². The summed E-state index contributed by atoms with van der Waals surface area (Å²) in [7, 11) is -2.52. The Morgan fingerprint density at radius 3 is 2.34 bits per heavy atom. The Kier molecular flexibility index (Phi) is 9.81. The second kappa shape index (κ2) is 13.0. The predicted molar refractivity (Wildman–Crippen MR) is 141 cm³/mol. The highest BCUT2D eigenvalue weighted by Crippen LogP contribution is 2.26. The lowest BCUT2D eigenvalue weighted by Gasteiger charge is -2.20. The summed E-state index contributed by atoms with van der Waals surface area (Å²) >= 11 is 0. The standard InChI is InChI=1S/C28H29NO.H2O4S/c1-29(22-24-15-18-27-12-8-20-30-28(27)21-24)19-7-3-4-9-23-13-16-26(17-14-23)25-10-5-2-6-11-25;1-5(2,3)4/h2-7,9-11,13-18,21H,8,12,19-20,22H2,1H3;(H2,1,2,3,4)/b7-3+,9-4+;. The van der Waals surface area contributed by atoms with Crippen molar-refractivity contribution in [2.75, 3.05) is 20.2 Å². The molecule has 0 saturated heterocycles. The van der Waals surface area contributed by atoms with Gasteiger partial charge in [0.2, 0.25) is 0 Å². The van der Waals surface area contributed by atoms with Gasteiger partial charge in [0, 0.05) is 13.1 Å². The van der Waals surface area contributed by atoms with Crippen molar-refractivity contribution < 1.29 is 22.3 Å².